The number of piperidine rings is 1. The first-order chi connectivity index (χ1) is 14.1. The summed E-state index contributed by atoms with van der Waals surface area (Å²) in [5.74, 6) is 0.815. The molecule has 1 fully saturated rings. The molecular formula is C23H26N2O3S. The number of anilines is 1. The van der Waals surface area contributed by atoms with Crippen LogP contribution in [0, 0.1) is 0 Å². The third-order valence-electron chi connectivity index (χ3n) is 5.36. The third-order valence-corrected chi connectivity index (χ3v) is 7.03. The molecule has 0 saturated carbocycles. The first-order valence-corrected chi connectivity index (χ1v) is 11.7. The SMILES string of the molecule is CCc1ccc(S(=O)(=O)c2nc(Cc3ccccc3)oc2N2CCCCC2)cc1. The van der Waals surface area contributed by atoms with Crippen LogP contribution in [-0.4, -0.2) is 26.5 Å². The molecule has 1 saturated heterocycles. The second-order valence-electron chi connectivity index (χ2n) is 7.43. The van der Waals surface area contributed by atoms with Crippen molar-refractivity contribution in [1.82, 2.24) is 4.98 Å². The summed E-state index contributed by atoms with van der Waals surface area (Å²) < 4.78 is 32.9. The van der Waals surface area contributed by atoms with Gasteiger partial charge in [0, 0.05) is 19.5 Å². The van der Waals surface area contributed by atoms with Gasteiger partial charge in [-0.3, -0.25) is 0 Å². The second-order valence-corrected chi connectivity index (χ2v) is 9.29. The van der Waals surface area contributed by atoms with Gasteiger partial charge in [-0.05, 0) is 48.9 Å². The van der Waals surface area contributed by atoms with Crippen molar-refractivity contribution >= 4 is 15.7 Å². The Labute approximate surface area is 172 Å². The first-order valence-electron chi connectivity index (χ1n) is 10.2. The summed E-state index contributed by atoms with van der Waals surface area (Å²) in [5.41, 5.74) is 2.14. The summed E-state index contributed by atoms with van der Waals surface area (Å²) in [6.07, 6.45) is 4.54. The van der Waals surface area contributed by atoms with Crippen molar-refractivity contribution in [1.29, 1.82) is 0 Å². The van der Waals surface area contributed by atoms with Gasteiger partial charge in [-0.15, -0.1) is 0 Å². The summed E-state index contributed by atoms with van der Waals surface area (Å²) in [5, 5.41) is 0.0366. The molecule has 0 aliphatic carbocycles. The van der Waals surface area contributed by atoms with Crippen molar-refractivity contribution in [2.75, 3.05) is 18.0 Å². The van der Waals surface area contributed by atoms with E-state index in [0.29, 0.717) is 18.2 Å². The smallest absolute Gasteiger partial charge is 0.236 e. The van der Waals surface area contributed by atoms with Gasteiger partial charge < -0.3 is 9.32 Å². The van der Waals surface area contributed by atoms with Gasteiger partial charge in [0.2, 0.25) is 26.6 Å². The predicted octanol–water partition coefficient (Wildman–Crippen LogP) is 4.65. The maximum absolute atomic E-state index is 13.4. The predicted molar refractivity (Wildman–Crippen MR) is 113 cm³/mol. The van der Waals surface area contributed by atoms with E-state index in [1.165, 1.54) is 0 Å². The average Bonchev–Trinajstić information content (AvgIpc) is 3.20. The van der Waals surface area contributed by atoms with Gasteiger partial charge >= 0.3 is 0 Å². The van der Waals surface area contributed by atoms with Crippen LogP contribution in [0.5, 0.6) is 0 Å². The summed E-state index contributed by atoms with van der Waals surface area (Å²) in [7, 11) is -3.76. The van der Waals surface area contributed by atoms with Crippen LogP contribution < -0.4 is 4.90 Å². The van der Waals surface area contributed by atoms with Crippen LogP contribution in [-0.2, 0) is 22.7 Å². The number of benzene rings is 2. The molecule has 2 heterocycles. The number of rotatable bonds is 6. The van der Waals surface area contributed by atoms with Crippen LogP contribution in [0.15, 0.2) is 68.9 Å². The van der Waals surface area contributed by atoms with Crippen molar-refractivity contribution in [3.05, 3.63) is 71.6 Å². The van der Waals surface area contributed by atoms with Crippen molar-refractivity contribution in [2.24, 2.45) is 0 Å². The molecule has 0 atom stereocenters. The van der Waals surface area contributed by atoms with E-state index in [1.807, 2.05) is 54.3 Å². The Hall–Kier alpha value is -2.60. The lowest BCUT2D eigenvalue weighted by Gasteiger charge is -2.26. The molecule has 5 nitrogen and oxygen atoms in total. The minimum atomic E-state index is -3.76. The lowest BCUT2D eigenvalue weighted by molar-refractivity contribution is 0.468. The van der Waals surface area contributed by atoms with Gasteiger partial charge in [-0.1, -0.05) is 49.4 Å². The van der Waals surface area contributed by atoms with Crippen LogP contribution in [0.4, 0.5) is 5.88 Å². The number of aryl methyl sites for hydroxylation is 1. The third kappa shape index (κ3) is 4.22. The maximum atomic E-state index is 13.4. The zero-order chi connectivity index (χ0) is 20.3. The van der Waals surface area contributed by atoms with E-state index < -0.39 is 9.84 Å². The molecule has 3 aromatic rings. The molecule has 6 heteroatoms. The number of sulfone groups is 1. The number of aromatic nitrogens is 1. The molecule has 0 radical (unpaired) electrons. The van der Waals surface area contributed by atoms with E-state index in [-0.39, 0.29) is 9.92 Å². The van der Waals surface area contributed by atoms with Crippen LogP contribution in [0.1, 0.15) is 43.2 Å². The molecule has 4 rings (SSSR count). The van der Waals surface area contributed by atoms with E-state index in [2.05, 4.69) is 4.98 Å². The highest BCUT2D eigenvalue weighted by Crippen LogP contribution is 2.33. The maximum Gasteiger partial charge on any atom is 0.236 e. The molecule has 1 aromatic heterocycles. The average molecular weight is 411 g/mol. The Morgan fingerprint density at radius 2 is 1.62 bits per heavy atom. The molecule has 1 aliphatic rings. The molecule has 2 aromatic carbocycles. The highest BCUT2D eigenvalue weighted by atomic mass is 32.2. The van der Waals surface area contributed by atoms with Crippen molar-refractivity contribution in [3.63, 3.8) is 0 Å². The summed E-state index contributed by atoms with van der Waals surface area (Å²) in [4.78, 5) is 6.76. The Balaban J connectivity index is 1.74. The fourth-order valence-corrected chi connectivity index (χ4v) is 5.01. The molecule has 0 spiro atoms. The van der Waals surface area contributed by atoms with Crippen molar-refractivity contribution in [2.45, 2.75) is 48.9 Å². The van der Waals surface area contributed by atoms with Crippen molar-refractivity contribution < 1.29 is 12.8 Å². The Bertz CT molecular complexity index is 1050. The highest BCUT2D eigenvalue weighted by Gasteiger charge is 2.31. The van der Waals surface area contributed by atoms with Gasteiger partial charge in [0.1, 0.15) is 0 Å². The minimum Gasteiger partial charge on any atom is -0.423 e. The van der Waals surface area contributed by atoms with E-state index >= 15 is 0 Å². The van der Waals surface area contributed by atoms with E-state index in [4.69, 9.17) is 4.42 Å². The van der Waals surface area contributed by atoms with Gasteiger partial charge in [-0.25, -0.2) is 8.42 Å². The molecule has 29 heavy (non-hydrogen) atoms. The molecular weight excluding hydrogens is 384 g/mol. The Morgan fingerprint density at radius 3 is 2.28 bits per heavy atom. The van der Waals surface area contributed by atoms with Crippen LogP contribution in [0.2, 0.25) is 0 Å². The van der Waals surface area contributed by atoms with E-state index in [9.17, 15) is 8.42 Å². The van der Waals surface area contributed by atoms with Crippen LogP contribution in [0.3, 0.4) is 0 Å². The standard InChI is InChI=1S/C23H26N2O3S/c1-2-18-11-13-20(14-12-18)29(26,27)22-23(25-15-7-4-8-16-25)28-21(24-22)17-19-9-5-3-6-10-19/h3,5-6,9-14H,2,4,7-8,15-17H2,1H3. The monoisotopic (exact) mass is 410 g/mol. The molecule has 1 aliphatic heterocycles. The second kappa shape index (κ2) is 8.41. The number of nitrogens with zero attached hydrogens (tertiary/aromatic N) is 2. The number of oxazole rings is 1. The van der Waals surface area contributed by atoms with E-state index in [1.54, 1.807) is 12.1 Å². The van der Waals surface area contributed by atoms with E-state index in [0.717, 1.165) is 49.9 Å². The number of hydrogen-bond donors (Lipinski definition) is 0. The fraction of sp³-hybridized carbons (Fsp3) is 0.348. The van der Waals surface area contributed by atoms with Gasteiger partial charge in [0.05, 0.1) is 4.90 Å². The summed E-state index contributed by atoms with van der Waals surface area (Å²) >= 11 is 0. The Kier molecular flexibility index (Phi) is 5.72. The van der Waals surface area contributed by atoms with Crippen molar-refractivity contribution in [3.8, 4) is 0 Å². The largest absolute Gasteiger partial charge is 0.423 e. The lowest BCUT2D eigenvalue weighted by atomic mass is 10.1. The first kappa shape index (κ1) is 19.7. The molecule has 0 N–H and O–H groups in total. The normalized spacial score (nSPS) is 14.9. The molecule has 0 amide bonds. The highest BCUT2D eigenvalue weighted by molar-refractivity contribution is 7.91. The van der Waals surface area contributed by atoms with Gasteiger partial charge in [-0.2, -0.15) is 4.98 Å². The van der Waals surface area contributed by atoms with Crippen LogP contribution >= 0.6 is 0 Å². The quantitative estimate of drug-likeness (QED) is 0.592. The zero-order valence-electron chi connectivity index (χ0n) is 16.7. The fourth-order valence-electron chi connectivity index (χ4n) is 3.67. The lowest BCUT2D eigenvalue weighted by Crippen LogP contribution is -2.30. The Morgan fingerprint density at radius 1 is 0.931 bits per heavy atom. The topological polar surface area (TPSA) is 63.4 Å². The summed E-state index contributed by atoms with van der Waals surface area (Å²) in [6, 6.07) is 16.9. The van der Waals surface area contributed by atoms with Crippen LogP contribution in [0.25, 0.3) is 0 Å². The zero-order valence-corrected chi connectivity index (χ0v) is 17.5. The number of hydrogen-bond acceptors (Lipinski definition) is 5. The molecule has 0 bridgehead atoms. The molecule has 0 unspecified atom stereocenters. The van der Waals surface area contributed by atoms with Gasteiger partial charge in [0.25, 0.3) is 0 Å². The molecule has 152 valence electrons. The van der Waals surface area contributed by atoms with Gasteiger partial charge in [0.15, 0.2) is 0 Å². The summed E-state index contributed by atoms with van der Waals surface area (Å²) in [6.45, 7) is 3.62. The minimum absolute atomic E-state index is 0.0366.